The van der Waals surface area contributed by atoms with Crippen molar-refractivity contribution in [1.82, 2.24) is 15.2 Å². The molecule has 0 atom stereocenters. The molecular formula is C12H12N4O4S. The first-order chi connectivity index (χ1) is 9.99. The maximum absolute atomic E-state index is 11.9. The molecule has 0 saturated heterocycles. The molecule has 0 unspecified atom stereocenters. The van der Waals surface area contributed by atoms with Crippen LogP contribution in [0.25, 0.3) is 0 Å². The van der Waals surface area contributed by atoms with Crippen LogP contribution in [-0.2, 0) is 16.0 Å². The number of thiazole rings is 1. The van der Waals surface area contributed by atoms with Gasteiger partial charge < -0.3 is 4.74 Å². The third kappa shape index (κ3) is 3.72. The molecule has 2 N–H and O–H groups in total. The van der Waals surface area contributed by atoms with Crippen LogP contribution < -0.4 is 10.9 Å². The second-order valence-electron chi connectivity index (χ2n) is 4.04. The minimum Gasteiger partial charge on any atom is -0.469 e. The average Bonchev–Trinajstić information content (AvgIpc) is 2.79. The second-order valence-corrected chi connectivity index (χ2v) is 5.12. The predicted molar refractivity (Wildman–Crippen MR) is 75.4 cm³/mol. The van der Waals surface area contributed by atoms with E-state index in [1.165, 1.54) is 30.6 Å². The van der Waals surface area contributed by atoms with Gasteiger partial charge in [-0.25, -0.2) is 10.1 Å². The summed E-state index contributed by atoms with van der Waals surface area (Å²) in [5, 5.41) is 8.70. The summed E-state index contributed by atoms with van der Waals surface area (Å²) in [5.41, 5.74) is 0.323. The van der Waals surface area contributed by atoms with Gasteiger partial charge in [0.25, 0.3) is 11.5 Å². The van der Waals surface area contributed by atoms with Gasteiger partial charge in [-0.2, -0.15) is 5.10 Å². The highest BCUT2D eigenvalue weighted by Crippen LogP contribution is 2.23. The number of hydrogen-bond donors (Lipinski definition) is 2. The van der Waals surface area contributed by atoms with E-state index in [9.17, 15) is 14.4 Å². The van der Waals surface area contributed by atoms with Crippen molar-refractivity contribution in [2.75, 3.05) is 12.4 Å². The molecular weight excluding hydrogens is 296 g/mol. The molecule has 0 aliphatic heterocycles. The Morgan fingerprint density at radius 1 is 1.43 bits per heavy atom. The molecule has 0 aliphatic rings. The summed E-state index contributed by atoms with van der Waals surface area (Å²) < 4.78 is 4.59. The van der Waals surface area contributed by atoms with Crippen LogP contribution in [0.5, 0.6) is 0 Å². The Balaban J connectivity index is 2.11. The fraction of sp³-hybridized carbons (Fsp3) is 0.250. The summed E-state index contributed by atoms with van der Waals surface area (Å²) in [4.78, 5) is 38.9. The Labute approximate surface area is 123 Å². The van der Waals surface area contributed by atoms with Crippen molar-refractivity contribution in [3.8, 4) is 0 Å². The van der Waals surface area contributed by atoms with Crippen molar-refractivity contribution < 1.29 is 14.3 Å². The number of aryl methyl sites for hydroxylation is 1. The van der Waals surface area contributed by atoms with Crippen molar-refractivity contribution in [3.63, 3.8) is 0 Å². The third-order valence-electron chi connectivity index (χ3n) is 2.56. The number of anilines is 1. The minimum absolute atomic E-state index is 0.0666. The topological polar surface area (TPSA) is 114 Å². The number of nitrogens with zero attached hydrogens (tertiary/aromatic N) is 2. The lowest BCUT2D eigenvalue weighted by Crippen LogP contribution is -2.17. The van der Waals surface area contributed by atoms with E-state index < -0.39 is 11.5 Å². The molecule has 0 saturated carbocycles. The fourth-order valence-corrected chi connectivity index (χ4v) is 2.42. The number of amides is 1. The first-order valence-electron chi connectivity index (χ1n) is 5.90. The number of rotatable bonds is 4. The van der Waals surface area contributed by atoms with Gasteiger partial charge in [-0.3, -0.25) is 19.7 Å². The highest BCUT2D eigenvalue weighted by atomic mass is 32.1. The maximum atomic E-state index is 11.9. The Hall–Kier alpha value is -2.55. The van der Waals surface area contributed by atoms with E-state index in [4.69, 9.17) is 0 Å². The minimum atomic E-state index is -0.496. The molecule has 2 aromatic heterocycles. The van der Waals surface area contributed by atoms with Crippen molar-refractivity contribution in [2.45, 2.75) is 13.3 Å². The Morgan fingerprint density at radius 2 is 2.19 bits per heavy atom. The van der Waals surface area contributed by atoms with Crippen LogP contribution in [0.1, 0.15) is 21.1 Å². The van der Waals surface area contributed by atoms with Gasteiger partial charge in [-0.15, -0.1) is 11.3 Å². The molecule has 1 amide bonds. The molecule has 0 spiro atoms. The summed E-state index contributed by atoms with van der Waals surface area (Å²) in [6, 6.07) is 2.52. The van der Waals surface area contributed by atoms with Crippen LogP contribution in [0.4, 0.5) is 5.13 Å². The Morgan fingerprint density at radius 3 is 2.81 bits per heavy atom. The molecule has 0 fully saturated rings. The van der Waals surface area contributed by atoms with Crippen molar-refractivity contribution >= 4 is 28.3 Å². The molecule has 0 bridgehead atoms. The number of methoxy groups -OCH3 is 1. The number of esters is 1. The van der Waals surface area contributed by atoms with Gasteiger partial charge in [0.1, 0.15) is 5.69 Å². The van der Waals surface area contributed by atoms with Crippen molar-refractivity contribution in [3.05, 3.63) is 38.8 Å². The molecule has 2 rings (SSSR count). The number of aromatic nitrogens is 3. The zero-order valence-corrected chi connectivity index (χ0v) is 12.1. The molecule has 0 radical (unpaired) electrons. The number of carbonyl (C=O) groups is 2. The molecule has 2 heterocycles. The Bertz CT molecular complexity index is 717. The van der Waals surface area contributed by atoms with Crippen molar-refractivity contribution in [2.24, 2.45) is 0 Å². The van der Waals surface area contributed by atoms with Gasteiger partial charge in [0, 0.05) is 10.9 Å². The SMILES string of the molecule is COC(=O)Cc1sc(NC(=O)c2ccc(=O)[nH]n2)nc1C. The normalized spacial score (nSPS) is 10.2. The van der Waals surface area contributed by atoms with Gasteiger partial charge in [-0.1, -0.05) is 0 Å². The Kier molecular flexibility index (Phi) is 4.43. The van der Waals surface area contributed by atoms with Crippen LogP contribution in [0.3, 0.4) is 0 Å². The fourth-order valence-electron chi connectivity index (χ4n) is 1.48. The third-order valence-corrected chi connectivity index (χ3v) is 3.63. The van der Waals surface area contributed by atoms with Gasteiger partial charge in [0.15, 0.2) is 5.13 Å². The first-order valence-corrected chi connectivity index (χ1v) is 6.71. The summed E-state index contributed by atoms with van der Waals surface area (Å²) in [6.45, 7) is 1.74. The predicted octanol–water partition coefficient (Wildman–Crippen LogP) is 0.503. The number of aromatic amines is 1. The molecule has 8 nitrogen and oxygen atoms in total. The lowest BCUT2D eigenvalue weighted by atomic mass is 10.3. The van der Waals surface area contributed by atoms with E-state index in [1.54, 1.807) is 6.92 Å². The highest BCUT2D eigenvalue weighted by Gasteiger charge is 2.15. The molecule has 2 aromatic rings. The van der Waals surface area contributed by atoms with Crippen LogP contribution in [-0.4, -0.2) is 34.2 Å². The largest absolute Gasteiger partial charge is 0.469 e. The summed E-state index contributed by atoms with van der Waals surface area (Å²) >= 11 is 1.19. The van der Waals surface area contributed by atoms with Gasteiger partial charge >= 0.3 is 5.97 Å². The quantitative estimate of drug-likeness (QED) is 0.795. The van der Waals surface area contributed by atoms with Crippen molar-refractivity contribution in [1.29, 1.82) is 0 Å². The smallest absolute Gasteiger partial charge is 0.310 e. The van der Waals surface area contributed by atoms with Crippen LogP contribution >= 0.6 is 11.3 Å². The van der Waals surface area contributed by atoms with E-state index in [0.717, 1.165) is 0 Å². The second kappa shape index (κ2) is 6.27. The van der Waals surface area contributed by atoms with E-state index in [1.807, 2.05) is 0 Å². The summed E-state index contributed by atoms with van der Waals surface area (Å²) in [5.74, 6) is -0.869. The maximum Gasteiger partial charge on any atom is 0.310 e. The summed E-state index contributed by atoms with van der Waals surface area (Å²) in [7, 11) is 1.31. The molecule has 9 heteroatoms. The number of H-pyrrole nitrogens is 1. The zero-order chi connectivity index (χ0) is 15.4. The van der Waals surface area contributed by atoms with E-state index >= 15 is 0 Å². The van der Waals surface area contributed by atoms with Gasteiger partial charge in [0.05, 0.1) is 19.2 Å². The monoisotopic (exact) mass is 308 g/mol. The van der Waals surface area contributed by atoms with Gasteiger partial charge in [-0.05, 0) is 13.0 Å². The molecule has 110 valence electrons. The average molecular weight is 308 g/mol. The standard InChI is InChI=1S/C12H12N4O4S/c1-6-8(5-10(18)20-2)21-12(13-6)14-11(19)7-3-4-9(17)16-15-7/h3-4H,5H2,1-2H3,(H,16,17)(H,13,14,19). The lowest BCUT2D eigenvalue weighted by Gasteiger charge is -1.99. The number of carbonyl (C=O) groups excluding carboxylic acids is 2. The highest BCUT2D eigenvalue weighted by molar-refractivity contribution is 7.16. The van der Waals surface area contributed by atoms with E-state index in [2.05, 4.69) is 25.2 Å². The number of nitrogens with one attached hydrogen (secondary N) is 2. The van der Waals surface area contributed by atoms with Crippen LogP contribution in [0.2, 0.25) is 0 Å². The van der Waals surface area contributed by atoms with Crippen LogP contribution in [0, 0.1) is 6.92 Å². The van der Waals surface area contributed by atoms with Crippen LogP contribution in [0.15, 0.2) is 16.9 Å². The number of hydrogen-bond acceptors (Lipinski definition) is 7. The van der Waals surface area contributed by atoms with E-state index in [-0.39, 0.29) is 18.1 Å². The summed E-state index contributed by atoms with van der Waals surface area (Å²) in [6.07, 6.45) is 0.104. The lowest BCUT2D eigenvalue weighted by molar-refractivity contribution is -0.139. The number of ether oxygens (including phenoxy) is 1. The molecule has 21 heavy (non-hydrogen) atoms. The molecule has 0 aliphatic carbocycles. The first kappa shape index (κ1) is 14.9. The van der Waals surface area contributed by atoms with E-state index in [0.29, 0.717) is 15.7 Å². The zero-order valence-electron chi connectivity index (χ0n) is 11.3. The van der Waals surface area contributed by atoms with Gasteiger partial charge in [0.2, 0.25) is 0 Å². The molecule has 0 aromatic carbocycles.